The van der Waals surface area contributed by atoms with Crippen LogP contribution in [-0.2, 0) is 4.74 Å². The molecule has 0 radical (unpaired) electrons. The molecule has 3 rings (SSSR count). The molecule has 3 aliphatic rings. The first-order valence-corrected chi connectivity index (χ1v) is 5.90. The van der Waals surface area contributed by atoms with Crippen LogP contribution in [0.5, 0.6) is 0 Å². The van der Waals surface area contributed by atoms with Crippen molar-refractivity contribution >= 4 is 0 Å². The van der Waals surface area contributed by atoms with Gasteiger partial charge in [-0.3, -0.25) is 4.90 Å². The summed E-state index contributed by atoms with van der Waals surface area (Å²) >= 11 is 0. The topological polar surface area (TPSA) is 38.5 Å². The van der Waals surface area contributed by atoms with Gasteiger partial charge in [-0.2, -0.15) is 0 Å². The van der Waals surface area contributed by atoms with Gasteiger partial charge in [-0.15, -0.1) is 0 Å². The zero-order valence-corrected chi connectivity index (χ0v) is 8.69. The summed E-state index contributed by atoms with van der Waals surface area (Å²) in [6.45, 7) is 5.23. The smallest absolute Gasteiger partial charge is 0.0509 e. The Bertz CT molecular complexity index is 203. The number of fused-ring (bicyclic) bond motifs is 2. The van der Waals surface area contributed by atoms with Gasteiger partial charge >= 0.3 is 0 Å². The molecule has 0 aromatic heterocycles. The number of ether oxygens (including phenoxy) is 1. The predicted molar refractivity (Wildman–Crippen MR) is 54.9 cm³/mol. The molecule has 3 fully saturated rings. The van der Waals surface area contributed by atoms with Crippen molar-refractivity contribution in [2.45, 2.75) is 18.9 Å². The molecular formula is C11H20N2O. The van der Waals surface area contributed by atoms with Gasteiger partial charge in [0.2, 0.25) is 0 Å². The first kappa shape index (κ1) is 9.13. The van der Waals surface area contributed by atoms with Gasteiger partial charge in [0, 0.05) is 19.1 Å². The number of nitrogens with two attached hydrogens (primary N) is 1. The average Bonchev–Trinajstić information content (AvgIpc) is 2.98. The van der Waals surface area contributed by atoms with Crippen LogP contribution in [-0.4, -0.2) is 43.8 Å². The highest BCUT2D eigenvalue weighted by Gasteiger charge is 2.43. The van der Waals surface area contributed by atoms with E-state index >= 15 is 0 Å². The van der Waals surface area contributed by atoms with Gasteiger partial charge < -0.3 is 10.5 Å². The fourth-order valence-corrected chi connectivity index (χ4v) is 3.18. The van der Waals surface area contributed by atoms with Crippen molar-refractivity contribution in [3.8, 4) is 0 Å². The van der Waals surface area contributed by atoms with E-state index in [0.29, 0.717) is 11.8 Å². The minimum Gasteiger partial charge on any atom is -0.381 e. The number of likely N-dealkylation sites (tertiary alicyclic amines) is 1. The van der Waals surface area contributed by atoms with Crippen molar-refractivity contribution < 1.29 is 4.74 Å². The van der Waals surface area contributed by atoms with E-state index in [1.165, 1.54) is 25.9 Å². The standard InChI is InChI=1S/C11H20N2O/c12-3-11-8-4-13(10-1-2-10)5-9(11)7-14-6-8/h8-11H,1-7,12H2. The average molecular weight is 196 g/mol. The lowest BCUT2D eigenvalue weighted by molar-refractivity contribution is -0.0818. The van der Waals surface area contributed by atoms with E-state index in [4.69, 9.17) is 10.5 Å². The summed E-state index contributed by atoms with van der Waals surface area (Å²) in [7, 11) is 0. The van der Waals surface area contributed by atoms with E-state index in [-0.39, 0.29) is 0 Å². The van der Waals surface area contributed by atoms with Crippen LogP contribution in [0.25, 0.3) is 0 Å². The quantitative estimate of drug-likeness (QED) is 0.690. The number of hydrogen-bond acceptors (Lipinski definition) is 3. The Hall–Kier alpha value is -0.120. The summed E-state index contributed by atoms with van der Waals surface area (Å²) in [5.41, 5.74) is 5.86. The Morgan fingerprint density at radius 2 is 1.79 bits per heavy atom. The molecule has 2 unspecified atom stereocenters. The highest BCUT2D eigenvalue weighted by atomic mass is 16.5. The zero-order chi connectivity index (χ0) is 9.54. The Morgan fingerprint density at radius 1 is 1.14 bits per heavy atom. The third-order valence-corrected chi connectivity index (χ3v) is 4.15. The third-order valence-electron chi connectivity index (χ3n) is 4.15. The minimum absolute atomic E-state index is 0.716. The lowest BCUT2D eigenvalue weighted by Gasteiger charge is -2.47. The summed E-state index contributed by atoms with van der Waals surface area (Å²) in [6, 6.07) is 0.914. The molecule has 2 N–H and O–H groups in total. The van der Waals surface area contributed by atoms with Gasteiger partial charge in [0.1, 0.15) is 0 Å². The first-order valence-electron chi connectivity index (χ1n) is 5.90. The SMILES string of the molecule is NCC1C2COCC1CN(C1CC1)C2. The summed E-state index contributed by atoms with van der Waals surface area (Å²) in [4.78, 5) is 2.68. The second-order valence-corrected chi connectivity index (χ2v) is 5.14. The van der Waals surface area contributed by atoms with Crippen LogP contribution in [0.3, 0.4) is 0 Å². The Balaban J connectivity index is 1.71. The molecule has 2 saturated heterocycles. The van der Waals surface area contributed by atoms with Crippen LogP contribution in [0.15, 0.2) is 0 Å². The maximum Gasteiger partial charge on any atom is 0.0509 e. The van der Waals surface area contributed by atoms with Crippen LogP contribution < -0.4 is 5.73 Å². The zero-order valence-electron chi connectivity index (χ0n) is 8.69. The molecule has 0 aromatic rings. The van der Waals surface area contributed by atoms with Gasteiger partial charge in [-0.1, -0.05) is 0 Å². The largest absolute Gasteiger partial charge is 0.381 e. The van der Waals surface area contributed by atoms with Gasteiger partial charge in [-0.25, -0.2) is 0 Å². The van der Waals surface area contributed by atoms with Crippen molar-refractivity contribution in [1.82, 2.24) is 4.90 Å². The lowest BCUT2D eigenvalue weighted by Crippen LogP contribution is -2.55. The second kappa shape index (κ2) is 3.47. The maximum absolute atomic E-state index is 5.86. The van der Waals surface area contributed by atoms with E-state index in [1.54, 1.807) is 0 Å². The van der Waals surface area contributed by atoms with Crippen molar-refractivity contribution in [2.24, 2.45) is 23.5 Å². The molecule has 80 valence electrons. The van der Waals surface area contributed by atoms with Crippen molar-refractivity contribution in [3.05, 3.63) is 0 Å². The summed E-state index contributed by atoms with van der Waals surface area (Å²) in [6.07, 6.45) is 2.85. The summed E-state index contributed by atoms with van der Waals surface area (Å²) in [5.74, 6) is 2.17. The Labute approximate surface area is 85.6 Å². The molecule has 14 heavy (non-hydrogen) atoms. The highest BCUT2D eigenvalue weighted by Crippen LogP contribution is 2.37. The third kappa shape index (κ3) is 1.47. The Morgan fingerprint density at radius 3 is 2.29 bits per heavy atom. The summed E-state index contributed by atoms with van der Waals surface area (Å²) in [5, 5.41) is 0. The minimum atomic E-state index is 0.716. The van der Waals surface area contributed by atoms with Crippen molar-refractivity contribution in [2.75, 3.05) is 32.8 Å². The first-order chi connectivity index (χ1) is 6.88. The van der Waals surface area contributed by atoms with Crippen LogP contribution >= 0.6 is 0 Å². The van der Waals surface area contributed by atoms with Gasteiger partial charge in [0.15, 0.2) is 0 Å². The second-order valence-electron chi connectivity index (χ2n) is 5.14. The molecule has 0 amide bonds. The lowest BCUT2D eigenvalue weighted by atomic mass is 9.76. The number of nitrogens with zero attached hydrogens (tertiary/aromatic N) is 1. The molecule has 2 heterocycles. The molecule has 1 aliphatic carbocycles. The molecule has 3 nitrogen and oxygen atoms in total. The fraction of sp³-hybridized carbons (Fsp3) is 1.00. The maximum atomic E-state index is 5.86. The van der Waals surface area contributed by atoms with Crippen molar-refractivity contribution in [3.63, 3.8) is 0 Å². The highest BCUT2D eigenvalue weighted by molar-refractivity contribution is 4.95. The molecule has 3 heteroatoms. The van der Waals surface area contributed by atoms with E-state index < -0.39 is 0 Å². The molecule has 2 atom stereocenters. The van der Waals surface area contributed by atoms with E-state index in [0.717, 1.165) is 31.7 Å². The molecule has 0 aromatic carbocycles. The fourth-order valence-electron chi connectivity index (χ4n) is 3.18. The van der Waals surface area contributed by atoms with Gasteiger partial charge in [0.05, 0.1) is 13.2 Å². The van der Waals surface area contributed by atoms with Crippen LogP contribution in [0, 0.1) is 17.8 Å². The molecule has 1 saturated carbocycles. The normalized spacial score (nSPS) is 43.9. The van der Waals surface area contributed by atoms with E-state index in [9.17, 15) is 0 Å². The van der Waals surface area contributed by atoms with Crippen molar-refractivity contribution in [1.29, 1.82) is 0 Å². The number of rotatable bonds is 2. The molecular weight excluding hydrogens is 176 g/mol. The molecule has 2 aliphatic heterocycles. The van der Waals surface area contributed by atoms with E-state index in [1.807, 2.05) is 0 Å². The van der Waals surface area contributed by atoms with Gasteiger partial charge in [-0.05, 0) is 37.1 Å². The Kier molecular flexibility index (Phi) is 2.26. The monoisotopic (exact) mass is 196 g/mol. The van der Waals surface area contributed by atoms with E-state index in [2.05, 4.69) is 4.90 Å². The summed E-state index contributed by atoms with van der Waals surface area (Å²) < 4.78 is 5.63. The van der Waals surface area contributed by atoms with Gasteiger partial charge in [0.25, 0.3) is 0 Å². The van der Waals surface area contributed by atoms with Crippen LogP contribution in [0.1, 0.15) is 12.8 Å². The number of hydrogen-bond donors (Lipinski definition) is 1. The molecule has 2 bridgehead atoms. The van der Waals surface area contributed by atoms with Crippen LogP contribution in [0.4, 0.5) is 0 Å². The molecule has 0 spiro atoms. The predicted octanol–water partition coefficient (Wildman–Crippen LogP) is 0.302. The number of piperidine rings is 1. The van der Waals surface area contributed by atoms with Crippen LogP contribution in [0.2, 0.25) is 0 Å².